The summed E-state index contributed by atoms with van der Waals surface area (Å²) in [7, 11) is 0. The number of carbonyl (C=O) groups is 3. The lowest BCUT2D eigenvalue weighted by Gasteiger charge is -2.35. The molecule has 1 saturated heterocycles. The molecule has 2 amide bonds. The van der Waals surface area contributed by atoms with Crippen molar-refractivity contribution in [1.29, 1.82) is 0 Å². The van der Waals surface area contributed by atoms with Gasteiger partial charge in [0.05, 0.1) is 16.3 Å². The number of anilines is 1. The Morgan fingerprint density at radius 1 is 1.24 bits per heavy atom. The Bertz CT molecular complexity index is 797. The summed E-state index contributed by atoms with van der Waals surface area (Å²) in [6.07, 6.45) is 3.55. The average Bonchev–Trinajstić information content (AvgIpc) is 3.11. The van der Waals surface area contributed by atoms with Crippen LogP contribution in [0.2, 0.25) is 5.02 Å². The average molecular weight is 421 g/mol. The number of benzene rings is 1. The minimum Gasteiger partial charge on any atom is -0.449 e. The van der Waals surface area contributed by atoms with E-state index in [1.165, 1.54) is 6.42 Å². The number of nitrogens with one attached hydrogen (secondary N) is 1. The van der Waals surface area contributed by atoms with E-state index in [1.807, 2.05) is 0 Å². The second-order valence-electron chi connectivity index (χ2n) is 8.25. The molecule has 1 aromatic rings. The standard InChI is InChI=1S/C22H29ClN2O4/c1-13-6-4-7-18(14(13)2)24-21(27)15(3)29-22(28)16-9-10-17(23)19(12-16)25-11-5-8-20(25)26/h9-10,12-15,18H,4-8,11H2,1-3H3,(H,24,27)/t13-,14+,15+,18+/m0/s1. The Balaban J connectivity index is 1.63. The van der Waals surface area contributed by atoms with E-state index in [0.29, 0.717) is 35.5 Å². The van der Waals surface area contributed by atoms with Crippen molar-refractivity contribution in [3.63, 3.8) is 0 Å². The van der Waals surface area contributed by atoms with Crippen molar-refractivity contribution in [3.8, 4) is 0 Å². The molecule has 6 nitrogen and oxygen atoms in total. The Labute approximate surface area is 176 Å². The fraction of sp³-hybridized carbons (Fsp3) is 0.591. The van der Waals surface area contributed by atoms with Gasteiger partial charge >= 0.3 is 5.97 Å². The van der Waals surface area contributed by atoms with Crippen LogP contribution in [0.3, 0.4) is 0 Å². The Kier molecular flexibility index (Phi) is 6.83. The van der Waals surface area contributed by atoms with Crippen molar-refractivity contribution >= 4 is 35.1 Å². The number of ether oxygens (including phenoxy) is 1. The summed E-state index contributed by atoms with van der Waals surface area (Å²) in [6.45, 7) is 6.51. The number of nitrogens with zero attached hydrogens (tertiary/aromatic N) is 1. The van der Waals surface area contributed by atoms with Gasteiger partial charge in [0, 0.05) is 19.0 Å². The second-order valence-corrected chi connectivity index (χ2v) is 8.65. The zero-order valence-electron chi connectivity index (χ0n) is 17.2. The number of hydrogen-bond acceptors (Lipinski definition) is 4. The van der Waals surface area contributed by atoms with E-state index in [9.17, 15) is 14.4 Å². The number of carbonyl (C=O) groups excluding carboxylic acids is 3. The molecule has 1 aromatic carbocycles. The van der Waals surface area contributed by atoms with Gasteiger partial charge in [-0.05, 0) is 49.8 Å². The summed E-state index contributed by atoms with van der Waals surface area (Å²) < 4.78 is 5.39. The molecule has 1 N–H and O–H groups in total. The van der Waals surface area contributed by atoms with Crippen LogP contribution < -0.4 is 10.2 Å². The summed E-state index contributed by atoms with van der Waals surface area (Å²) in [5.74, 6) is 0.0524. The fourth-order valence-corrected chi connectivity index (χ4v) is 4.34. The van der Waals surface area contributed by atoms with Gasteiger partial charge in [-0.3, -0.25) is 9.59 Å². The van der Waals surface area contributed by atoms with Crippen molar-refractivity contribution in [1.82, 2.24) is 5.32 Å². The first-order chi connectivity index (χ1) is 13.8. The van der Waals surface area contributed by atoms with E-state index >= 15 is 0 Å². The Morgan fingerprint density at radius 2 is 2.00 bits per heavy atom. The van der Waals surface area contributed by atoms with Crippen molar-refractivity contribution < 1.29 is 19.1 Å². The molecule has 2 fully saturated rings. The summed E-state index contributed by atoms with van der Waals surface area (Å²) >= 11 is 6.23. The zero-order valence-corrected chi connectivity index (χ0v) is 18.0. The predicted molar refractivity (Wildman–Crippen MR) is 112 cm³/mol. The highest BCUT2D eigenvalue weighted by molar-refractivity contribution is 6.34. The van der Waals surface area contributed by atoms with Gasteiger partial charge in [0.25, 0.3) is 5.91 Å². The number of rotatable bonds is 5. The van der Waals surface area contributed by atoms with Crippen molar-refractivity contribution in [2.45, 2.75) is 65.0 Å². The Hall–Kier alpha value is -2.08. The van der Waals surface area contributed by atoms with Crippen LogP contribution in [0.5, 0.6) is 0 Å². The third-order valence-electron chi connectivity index (χ3n) is 6.23. The lowest BCUT2D eigenvalue weighted by Crippen LogP contribution is -2.47. The van der Waals surface area contributed by atoms with E-state index in [-0.39, 0.29) is 23.4 Å². The molecule has 7 heteroatoms. The summed E-state index contributed by atoms with van der Waals surface area (Å²) in [5.41, 5.74) is 0.772. The lowest BCUT2D eigenvalue weighted by molar-refractivity contribution is -0.130. The van der Waals surface area contributed by atoms with Gasteiger partial charge in [0.2, 0.25) is 5.91 Å². The molecule has 2 aliphatic rings. The molecule has 29 heavy (non-hydrogen) atoms. The molecule has 158 valence electrons. The molecule has 4 atom stereocenters. The van der Waals surface area contributed by atoms with Crippen LogP contribution in [0, 0.1) is 11.8 Å². The van der Waals surface area contributed by atoms with Gasteiger partial charge in [-0.25, -0.2) is 4.79 Å². The first-order valence-electron chi connectivity index (χ1n) is 10.4. The smallest absolute Gasteiger partial charge is 0.338 e. The van der Waals surface area contributed by atoms with Gasteiger partial charge in [-0.15, -0.1) is 0 Å². The highest BCUT2D eigenvalue weighted by Gasteiger charge is 2.30. The topological polar surface area (TPSA) is 75.7 Å². The zero-order chi connectivity index (χ0) is 21.1. The van der Waals surface area contributed by atoms with Crippen molar-refractivity contribution in [2.75, 3.05) is 11.4 Å². The van der Waals surface area contributed by atoms with Crippen LogP contribution in [0.25, 0.3) is 0 Å². The van der Waals surface area contributed by atoms with Crippen LogP contribution in [0.15, 0.2) is 18.2 Å². The highest BCUT2D eigenvalue weighted by Crippen LogP contribution is 2.31. The van der Waals surface area contributed by atoms with Gasteiger partial charge in [-0.1, -0.05) is 38.3 Å². The van der Waals surface area contributed by atoms with Gasteiger partial charge < -0.3 is 15.0 Å². The van der Waals surface area contributed by atoms with E-state index in [4.69, 9.17) is 16.3 Å². The maximum atomic E-state index is 12.6. The molecule has 1 heterocycles. The van der Waals surface area contributed by atoms with Crippen LogP contribution in [-0.2, 0) is 14.3 Å². The third-order valence-corrected chi connectivity index (χ3v) is 6.55. The molecular formula is C22H29ClN2O4. The molecular weight excluding hydrogens is 392 g/mol. The van der Waals surface area contributed by atoms with E-state index in [2.05, 4.69) is 19.2 Å². The molecule has 0 spiro atoms. The molecule has 1 aliphatic heterocycles. The SMILES string of the molecule is C[C@@H]1[C@@H](C)CCC[C@H]1NC(=O)[C@@H](C)OC(=O)c1ccc(Cl)c(N2CCCC2=O)c1. The molecule has 0 radical (unpaired) electrons. The normalized spacial score (nSPS) is 25.6. The maximum Gasteiger partial charge on any atom is 0.338 e. The van der Waals surface area contributed by atoms with Crippen LogP contribution in [-0.4, -0.2) is 36.5 Å². The van der Waals surface area contributed by atoms with Gasteiger partial charge in [-0.2, -0.15) is 0 Å². The predicted octanol–water partition coefficient (Wildman–Crippen LogP) is 3.95. The lowest BCUT2D eigenvalue weighted by atomic mass is 9.78. The first kappa shape index (κ1) is 21.6. The van der Waals surface area contributed by atoms with E-state index in [1.54, 1.807) is 30.0 Å². The maximum absolute atomic E-state index is 12.6. The van der Waals surface area contributed by atoms with E-state index < -0.39 is 12.1 Å². The van der Waals surface area contributed by atoms with Crippen molar-refractivity contribution in [2.24, 2.45) is 11.8 Å². The quantitative estimate of drug-likeness (QED) is 0.731. The minimum atomic E-state index is -0.903. The molecule has 0 aromatic heterocycles. The molecule has 0 bridgehead atoms. The van der Waals surface area contributed by atoms with Crippen LogP contribution >= 0.6 is 11.6 Å². The molecule has 3 rings (SSSR count). The van der Waals surface area contributed by atoms with Crippen LogP contribution in [0.4, 0.5) is 5.69 Å². The summed E-state index contributed by atoms with van der Waals surface area (Å²) in [6, 6.07) is 4.79. The number of amides is 2. The second kappa shape index (κ2) is 9.16. The summed E-state index contributed by atoms with van der Waals surface area (Å²) in [4.78, 5) is 38.7. The fourth-order valence-electron chi connectivity index (χ4n) is 4.12. The Morgan fingerprint density at radius 3 is 2.69 bits per heavy atom. The van der Waals surface area contributed by atoms with Gasteiger partial charge in [0.15, 0.2) is 6.10 Å². The number of halogens is 1. The van der Waals surface area contributed by atoms with Crippen LogP contribution in [0.1, 0.15) is 63.2 Å². The highest BCUT2D eigenvalue weighted by atomic mass is 35.5. The van der Waals surface area contributed by atoms with Gasteiger partial charge in [0.1, 0.15) is 0 Å². The molecule has 1 aliphatic carbocycles. The third kappa shape index (κ3) is 4.92. The van der Waals surface area contributed by atoms with Crippen molar-refractivity contribution in [3.05, 3.63) is 28.8 Å². The molecule has 0 unspecified atom stereocenters. The first-order valence-corrected chi connectivity index (χ1v) is 10.8. The number of esters is 1. The minimum absolute atomic E-state index is 0.0130. The van der Waals surface area contributed by atoms with E-state index in [0.717, 1.165) is 19.3 Å². The number of hydrogen-bond donors (Lipinski definition) is 1. The largest absolute Gasteiger partial charge is 0.449 e. The summed E-state index contributed by atoms with van der Waals surface area (Å²) in [5, 5.41) is 3.44. The monoisotopic (exact) mass is 420 g/mol. The molecule has 1 saturated carbocycles.